The molecule has 69 heavy (non-hydrogen) atoms. The third kappa shape index (κ3) is 8.11. The van der Waals surface area contributed by atoms with Crippen LogP contribution in [0.1, 0.15) is 136 Å². The molecule has 0 spiro atoms. The van der Waals surface area contributed by atoms with Crippen molar-refractivity contribution in [3.8, 4) is 33.8 Å². The normalized spacial score (nSPS) is 14.1. The number of benzene rings is 8. The molecule has 2 aliphatic carbocycles. The van der Waals surface area contributed by atoms with Crippen molar-refractivity contribution in [2.75, 3.05) is 14.2 Å². The maximum absolute atomic E-state index is 5.61. The molecule has 10 rings (SSSR count). The average Bonchev–Trinajstić information content (AvgIpc) is 3.33. The zero-order chi connectivity index (χ0) is 48.5. The van der Waals surface area contributed by atoms with Gasteiger partial charge in [-0.15, -0.1) is 0 Å². The zero-order valence-corrected chi connectivity index (χ0v) is 42.4. The van der Waals surface area contributed by atoms with Gasteiger partial charge in [0.15, 0.2) is 0 Å². The fourth-order valence-corrected chi connectivity index (χ4v) is 11.0. The van der Waals surface area contributed by atoms with Crippen molar-refractivity contribution in [1.29, 1.82) is 0 Å². The Morgan fingerprint density at radius 2 is 0.797 bits per heavy atom. The van der Waals surface area contributed by atoms with Crippen molar-refractivity contribution >= 4 is 11.1 Å². The number of methoxy groups -OCH3 is 2. The Kier molecular flexibility index (Phi) is 11.5. The van der Waals surface area contributed by atoms with Crippen molar-refractivity contribution < 1.29 is 9.47 Å². The molecule has 0 radical (unpaired) electrons. The third-order valence-electron chi connectivity index (χ3n) is 14.7. The highest BCUT2D eigenvalue weighted by Crippen LogP contribution is 2.52. The van der Waals surface area contributed by atoms with E-state index in [1.54, 1.807) is 14.2 Å². The monoisotopic (exact) mass is 899 g/mol. The van der Waals surface area contributed by atoms with Gasteiger partial charge in [0.1, 0.15) is 11.5 Å². The molecule has 2 nitrogen and oxygen atoms in total. The third-order valence-corrected chi connectivity index (χ3v) is 14.7. The Labute approximate surface area is 411 Å². The van der Waals surface area contributed by atoms with Crippen molar-refractivity contribution in [1.82, 2.24) is 0 Å². The van der Waals surface area contributed by atoms with Gasteiger partial charge in [0.05, 0.1) is 42.4 Å². The van der Waals surface area contributed by atoms with Crippen LogP contribution in [0.25, 0.3) is 33.4 Å². The number of fused-ring (bicyclic) bond motifs is 4. The Bertz CT molecular complexity index is 3180. The number of ether oxygens (including phenoxy) is 2. The molecule has 0 N–H and O–H groups in total. The van der Waals surface area contributed by atoms with Gasteiger partial charge in [-0.25, -0.2) is 0 Å². The van der Waals surface area contributed by atoms with Gasteiger partial charge in [-0.3, -0.25) is 0 Å². The molecule has 2 heteroatoms. The molecule has 0 aliphatic heterocycles. The van der Waals surface area contributed by atoms with E-state index in [2.05, 4.69) is 233 Å². The van der Waals surface area contributed by atoms with Crippen LogP contribution in [-0.4, -0.2) is 14.2 Å². The van der Waals surface area contributed by atoms with Crippen LogP contribution >= 0.6 is 0 Å². The summed E-state index contributed by atoms with van der Waals surface area (Å²) in [5, 5.41) is 0. The number of aryl methyl sites for hydroxylation is 4. The van der Waals surface area contributed by atoms with Crippen LogP contribution in [0.15, 0.2) is 163 Å². The first-order chi connectivity index (χ1) is 33.0. The van der Waals surface area contributed by atoms with E-state index in [0.29, 0.717) is 0 Å². The van der Waals surface area contributed by atoms with E-state index in [0.717, 1.165) is 44.9 Å². The summed E-state index contributed by atoms with van der Waals surface area (Å²) in [6.45, 7) is 23.0. The molecular weight excluding hydrogens is 837 g/mol. The topological polar surface area (TPSA) is 18.5 Å². The lowest BCUT2D eigenvalue weighted by atomic mass is 9.68. The largest absolute Gasteiger partial charge is 0.497 e. The van der Waals surface area contributed by atoms with E-state index in [1.165, 1.54) is 94.9 Å². The molecule has 0 unspecified atom stereocenters. The van der Waals surface area contributed by atoms with Crippen molar-refractivity contribution in [2.24, 2.45) is 0 Å². The Hall–Kier alpha value is -7.25. The van der Waals surface area contributed by atoms with Gasteiger partial charge in [0, 0.05) is 33.7 Å². The fraction of sp³-hybridized carbons (Fsp3) is 0.224. The Balaban J connectivity index is 1.31. The second kappa shape index (κ2) is 17.4. The van der Waals surface area contributed by atoms with E-state index in [4.69, 9.17) is 9.47 Å². The van der Waals surface area contributed by atoms with Crippen LogP contribution in [0.3, 0.4) is 0 Å². The van der Waals surface area contributed by atoms with Crippen LogP contribution in [0, 0.1) is 33.6 Å². The molecule has 2 aliphatic rings. The lowest BCUT2D eigenvalue weighted by Crippen LogP contribution is -2.19. The minimum Gasteiger partial charge on any atom is -0.497 e. The van der Waals surface area contributed by atoms with Gasteiger partial charge in [0.25, 0.3) is 0 Å². The summed E-state index contributed by atoms with van der Waals surface area (Å²) < 4.78 is 11.2. The molecule has 0 saturated heterocycles. The van der Waals surface area contributed by atoms with Crippen molar-refractivity contribution in [3.63, 3.8) is 0 Å². The minimum absolute atomic E-state index is 0.0118. The van der Waals surface area contributed by atoms with E-state index in [-0.39, 0.29) is 16.7 Å². The Morgan fingerprint density at radius 3 is 1.20 bits per heavy atom. The van der Waals surface area contributed by atoms with E-state index >= 15 is 0 Å². The van der Waals surface area contributed by atoms with Crippen LogP contribution < -0.4 is 9.47 Å². The van der Waals surface area contributed by atoms with E-state index in [1.807, 2.05) is 0 Å². The van der Waals surface area contributed by atoms with E-state index in [9.17, 15) is 0 Å². The maximum Gasteiger partial charge on any atom is 0.118 e. The summed E-state index contributed by atoms with van der Waals surface area (Å²) in [6.07, 6.45) is 0. The molecule has 8 aromatic carbocycles. The SMILES string of the molecule is COc1ccc(-c2ccc3c(c2)C(=C=C2c4ccccc4[C+](c4c(C)cc(C(C)(C)C)cc4C)c4ccccc42)c2cc(-c4ccc(OC)cc4)ccc2C3c2c(C)cc(C(C)(C)C)cc2C)cc1. The molecular formula is C67H63O2+. The van der Waals surface area contributed by atoms with Gasteiger partial charge >= 0.3 is 0 Å². The second-order valence-corrected chi connectivity index (χ2v) is 21.3. The van der Waals surface area contributed by atoms with Gasteiger partial charge in [0.2, 0.25) is 0 Å². The average molecular weight is 900 g/mol. The first-order valence-corrected chi connectivity index (χ1v) is 24.4. The quantitative estimate of drug-likeness (QED) is 0.122. The summed E-state index contributed by atoms with van der Waals surface area (Å²) in [6, 6.07) is 58.8. The Morgan fingerprint density at radius 1 is 0.420 bits per heavy atom. The van der Waals surface area contributed by atoms with Crippen LogP contribution in [-0.2, 0) is 10.8 Å². The van der Waals surface area contributed by atoms with Crippen LogP contribution in [0.5, 0.6) is 11.5 Å². The van der Waals surface area contributed by atoms with E-state index < -0.39 is 0 Å². The van der Waals surface area contributed by atoms with Gasteiger partial charge in [-0.05, 0) is 196 Å². The molecule has 0 heterocycles. The van der Waals surface area contributed by atoms with Crippen molar-refractivity contribution in [2.45, 2.75) is 86.0 Å². The van der Waals surface area contributed by atoms with Gasteiger partial charge in [-0.2, -0.15) is 0 Å². The highest BCUT2D eigenvalue weighted by atomic mass is 16.5. The molecule has 0 saturated carbocycles. The molecule has 0 aromatic heterocycles. The van der Waals surface area contributed by atoms with Crippen molar-refractivity contribution in [3.05, 3.63) is 258 Å². The van der Waals surface area contributed by atoms with Gasteiger partial charge in [-0.1, -0.05) is 120 Å². The van der Waals surface area contributed by atoms with Gasteiger partial charge < -0.3 is 9.47 Å². The highest BCUT2D eigenvalue weighted by molar-refractivity contribution is 5.98. The zero-order valence-electron chi connectivity index (χ0n) is 42.4. The second-order valence-electron chi connectivity index (χ2n) is 21.3. The maximum atomic E-state index is 5.61. The lowest BCUT2D eigenvalue weighted by Gasteiger charge is -2.34. The number of hydrogen-bond acceptors (Lipinski definition) is 2. The standard InChI is InChI=1S/C67H63O2/c1-40-33-48(66(5,6)7)34-41(2)62(40)64-54-19-15-13-17-52(54)60(53-18-14-16-20-55(53)64)39-61-58-37-46(44-21-27-50(68-11)28-22-44)25-31-56(58)65(63-42(3)35-49(36-43(63)4)67(8,9)10)57-32-26-47(38-59(57)61)45-23-29-51(69-12)30-24-45/h13-38,65H,1-12H3/q+1. The molecule has 0 bridgehead atoms. The molecule has 0 amide bonds. The summed E-state index contributed by atoms with van der Waals surface area (Å²) >= 11 is 0. The smallest absolute Gasteiger partial charge is 0.118 e. The first kappa shape index (κ1) is 45.5. The summed E-state index contributed by atoms with van der Waals surface area (Å²) in [5.74, 6) is 2.95. The summed E-state index contributed by atoms with van der Waals surface area (Å²) in [5.41, 5.74) is 31.5. The van der Waals surface area contributed by atoms with Crippen LogP contribution in [0.2, 0.25) is 0 Å². The lowest BCUT2D eigenvalue weighted by molar-refractivity contribution is 0.415. The molecule has 0 fully saturated rings. The molecule has 8 aromatic rings. The predicted molar refractivity (Wildman–Crippen MR) is 289 cm³/mol. The summed E-state index contributed by atoms with van der Waals surface area (Å²) in [7, 11) is 3.45. The minimum atomic E-state index is -0.0118. The highest BCUT2D eigenvalue weighted by Gasteiger charge is 2.39. The molecule has 0 atom stereocenters. The first-order valence-electron chi connectivity index (χ1n) is 24.4. The number of hydrogen-bond donors (Lipinski definition) is 0. The summed E-state index contributed by atoms with van der Waals surface area (Å²) in [4.78, 5) is 0. The molecule has 342 valence electrons. The fourth-order valence-electron chi connectivity index (χ4n) is 11.0. The predicted octanol–water partition coefficient (Wildman–Crippen LogP) is 16.9. The number of rotatable bonds is 6. The van der Waals surface area contributed by atoms with Crippen LogP contribution in [0.4, 0.5) is 0 Å².